The second-order valence-electron chi connectivity index (χ2n) is 6.38. The van der Waals surface area contributed by atoms with Crippen LogP contribution in [0, 0.1) is 13.8 Å². The number of pyridine rings is 1. The summed E-state index contributed by atoms with van der Waals surface area (Å²) in [6, 6.07) is 0. The Hall–Kier alpha value is -2.12. The van der Waals surface area contributed by atoms with Gasteiger partial charge < -0.3 is 20.5 Å². The Labute approximate surface area is 151 Å². The van der Waals surface area contributed by atoms with Crippen molar-refractivity contribution in [2.45, 2.75) is 39.3 Å². The van der Waals surface area contributed by atoms with Crippen LogP contribution in [0.25, 0.3) is 0 Å². The maximum atomic E-state index is 10.1. The van der Waals surface area contributed by atoms with Crippen molar-refractivity contribution in [3.05, 3.63) is 33.7 Å². The second-order valence-corrected chi connectivity index (χ2v) is 6.74. The second kappa shape index (κ2) is 6.65. The van der Waals surface area contributed by atoms with Crippen molar-refractivity contribution < 1.29 is 9.84 Å². The molecule has 0 aliphatic carbocycles. The van der Waals surface area contributed by atoms with Gasteiger partial charge in [0.2, 0.25) is 5.95 Å². The SMILES string of the molecule is COc1c(C)cnc(CN2CC(C(C)O)c3c(Cl)nc(N)nc32)c1C. The fourth-order valence-corrected chi connectivity index (χ4v) is 3.68. The Morgan fingerprint density at radius 3 is 2.80 bits per heavy atom. The highest BCUT2D eigenvalue weighted by Gasteiger charge is 2.36. The van der Waals surface area contributed by atoms with Crippen LogP contribution in [0.4, 0.5) is 11.8 Å². The largest absolute Gasteiger partial charge is 0.496 e. The van der Waals surface area contributed by atoms with Crippen LogP contribution in [0.5, 0.6) is 5.75 Å². The molecule has 0 fully saturated rings. The van der Waals surface area contributed by atoms with Crippen LogP contribution in [-0.4, -0.2) is 39.8 Å². The lowest BCUT2D eigenvalue weighted by Gasteiger charge is -2.21. The molecular weight excluding hydrogens is 342 g/mol. The number of ether oxygens (including phenoxy) is 1. The van der Waals surface area contributed by atoms with Gasteiger partial charge in [0, 0.05) is 35.3 Å². The smallest absolute Gasteiger partial charge is 0.223 e. The number of aliphatic hydroxyl groups is 1. The van der Waals surface area contributed by atoms with Crippen LogP contribution in [0.2, 0.25) is 5.15 Å². The molecule has 2 aromatic rings. The van der Waals surface area contributed by atoms with Crippen LogP contribution in [0.1, 0.15) is 35.2 Å². The topological polar surface area (TPSA) is 97.4 Å². The Balaban J connectivity index is 2.01. The van der Waals surface area contributed by atoms with Crippen molar-refractivity contribution in [2.75, 3.05) is 24.3 Å². The molecule has 2 atom stereocenters. The van der Waals surface area contributed by atoms with E-state index in [0.717, 1.165) is 28.1 Å². The van der Waals surface area contributed by atoms with Gasteiger partial charge in [0.1, 0.15) is 16.7 Å². The molecule has 1 aliphatic rings. The predicted molar refractivity (Wildman–Crippen MR) is 97.2 cm³/mol. The maximum Gasteiger partial charge on any atom is 0.223 e. The number of anilines is 2. The number of aliphatic hydroxyl groups excluding tert-OH is 1. The zero-order valence-corrected chi connectivity index (χ0v) is 15.5. The summed E-state index contributed by atoms with van der Waals surface area (Å²) in [5, 5.41) is 10.4. The van der Waals surface area contributed by atoms with Gasteiger partial charge >= 0.3 is 0 Å². The van der Waals surface area contributed by atoms with E-state index in [1.54, 1.807) is 20.2 Å². The summed E-state index contributed by atoms with van der Waals surface area (Å²) in [6.07, 6.45) is 1.22. The van der Waals surface area contributed by atoms with E-state index in [2.05, 4.69) is 15.0 Å². The summed E-state index contributed by atoms with van der Waals surface area (Å²) < 4.78 is 5.48. The third kappa shape index (κ3) is 3.09. The van der Waals surface area contributed by atoms with Crippen molar-refractivity contribution >= 4 is 23.4 Å². The van der Waals surface area contributed by atoms with Crippen LogP contribution in [0.15, 0.2) is 6.20 Å². The van der Waals surface area contributed by atoms with Crippen LogP contribution in [-0.2, 0) is 6.54 Å². The van der Waals surface area contributed by atoms with Gasteiger partial charge in [0.25, 0.3) is 0 Å². The first-order chi connectivity index (χ1) is 11.8. The molecule has 7 nitrogen and oxygen atoms in total. The van der Waals surface area contributed by atoms with E-state index < -0.39 is 6.10 Å². The monoisotopic (exact) mass is 363 g/mol. The average molecular weight is 364 g/mol. The van der Waals surface area contributed by atoms with Gasteiger partial charge in [-0.05, 0) is 20.8 Å². The van der Waals surface area contributed by atoms with Crippen molar-refractivity contribution in [2.24, 2.45) is 0 Å². The summed E-state index contributed by atoms with van der Waals surface area (Å²) in [4.78, 5) is 15.0. The molecule has 3 N–H and O–H groups in total. The molecule has 3 rings (SSSR count). The minimum Gasteiger partial charge on any atom is -0.496 e. The Morgan fingerprint density at radius 2 is 2.16 bits per heavy atom. The number of nitrogens with two attached hydrogens (primary N) is 1. The van der Waals surface area contributed by atoms with Gasteiger partial charge in [-0.1, -0.05) is 11.6 Å². The van der Waals surface area contributed by atoms with Gasteiger partial charge in [-0.2, -0.15) is 4.98 Å². The van der Waals surface area contributed by atoms with Crippen LogP contribution >= 0.6 is 11.6 Å². The molecule has 8 heteroatoms. The molecule has 0 saturated carbocycles. The molecule has 0 amide bonds. The first-order valence-electron chi connectivity index (χ1n) is 8.08. The van der Waals surface area contributed by atoms with Crippen LogP contribution < -0.4 is 15.4 Å². The molecule has 0 saturated heterocycles. The minimum absolute atomic E-state index is 0.117. The standard InChI is InChI=1S/C17H22ClN5O2/c1-8-5-20-12(9(2)14(8)25-4)7-23-6-11(10(3)24)13-15(18)21-17(19)22-16(13)23/h5,10-11,24H,6-7H2,1-4H3,(H2,19,21,22). The van der Waals surface area contributed by atoms with Gasteiger partial charge in [-0.3, -0.25) is 4.98 Å². The average Bonchev–Trinajstić information content (AvgIpc) is 2.90. The molecule has 0 aromatic carbocycles. The zero-order chi connectivity index (χ0) is 18.3. The number of methoxy groups -OCH3 is 1. The highest BCUT2D eigenvalue weighted by atomic mass is 35.5. The molecule has 0 spiro atoms. The summed E-state index contributed by atoms with van der Waals surface area (Å²) in [5.74, 6) is 1.43. The van der Waals surface area contributed by atoms with Gasteiger partial charge in [-0.25, -0.2) is 4.98 Å². The molecule has 134 valence electrons. The number of hydrogen-bond acceptors (Lipinski definition) is 7. The lowest BCUT2D eigenvalue weighted by molar-refractivity contribution is 0.167. The molecule has 25 heavy (non-hydrogen) atoms. The van der Waals surface area contributed by atoms with E-state index in [9.17, 15) is 5.11 Å². The minimum atomic E-state index is -0.574. The van der Waals surface area contributed by atoms with E-state index >= 15 is 0 Å². The Kier molecular flexibility index (Phi) is 4.71. The fourth-order valence-electron chi connectivity index (χ4n) is 3.37. The third-order valence-corrected chi connectivity index (χ3v) is 4.94. The number of nitrogen functional groups attached to an aromatic ring is 1. The molecule has 0 bridgehead atoms. The number of hydrogen-bond donors (Lipinski definition) is 2. The number of fused-ring (bicyclic) bond motifs is 1. The number of aryl methyl sites for hydroxylation is 1. The lowest BCUT2D eigenvalue weighted by atomic mass is 9.99. The highest BCUT2D eigenvalue weighted by molar-refractivity contribution is 6.30. The molecule has 2 unspecified atom stereocenters. The summed E-state index contributed by atoms with van der Waals surface area (Å²) in [7, 11) is 1.65. The lowest BCUT2D eigenvalue weighted by Crippen LogP contribution is -2.26. The molecule has 2 aromatic heterocycles. The molecular formula is C17H22ClN5O2. The summed E-state index contributed by atoms with van der Waals surface area (Å²) in [6.45, 7) is 6.78. The highest BCUT2D eigenvalue weighted by Crippen LogP contribution is 2.41. The fraction of sp³-hybridized carbons (Fsp3) is 0.471. The number of rotatable bonds is 4. The number of halogens is 1. The number of aromatic nitrogens is 3. The van der Waals surface area contributed by atoms with E-state index in [4.69, 9.17) is 22.1 Å². The van der Waals surface area contributed by atoms with E-state index in [1.807, 2.05) is 18.7 Å². The van der Waals surface area contributed by atoms with E-state index in [0.29, 0.717) is 24.1 Å². The van der Waals surface area contributed by atoms with Crippen LogP contribution in [0.3, 0.4) is 0 Å². The van der Waals surface area contributed by atoms with Crippen molar-refractivity contribution in [1.29, 1.82) is 0 Å². The summed E-state index contributed by atoms with van der Waals surface area (Å²) >= 11 is 6.28. The zero-order valence-electron chi connectivity index (χ0n) is 14.7. The van der Waals surface area contributed by atoms with Gasteiger partial charge in [0.05, 0.1) is 25.5 Å². The van der Waals surface area contributed by atoms with Gasteiger partial charge in [-0.15, -0.1) is 0 Å². The third-order valence-electron chi connectivity index (χ3n) is 4.66. The Bertz CT molecular complexity index is 812. The summed E-state index contributed by atoms with van der Waals surface area (Å²) in [5.41, 5.74) is 9.37. The first kappa shape index (κ1) is 17.7. The number of nitrogens with zero attached hydrogens (tertiary/aromatic N) is 4. The predicted octanol–water partition coefficient (Wildman–Crippen LogP) is 2.22. The molecule has 3 heterocycles. The van der Waals surface area contributed by atoms with Crippen molar-refractivity contribution in [3.8, 4) is 5.75 Å². The quantitative estimate of drug-likeness (QED) is 0.803. The first-order valence-corrected chi connectivity index (χ1v) is 8.46. The van der Waals surface area contributed by atoms with E-state index in [-0.39, 0.29) is 11.9 Å². The maximum absolute atomic E-state index is 10.1. The van der Waals surface area contributed by atoms with E-state index in [1.165, 1.54) is 0 Å². The van der Waals surface area contributed by atoms with Gasteiger partial charge in [0.15, 0.2) is 0 Å². The Morgan fingerprint density at radius 1 is 1.44 bits per heavy atom. The molecule has 0 radical (unpaired) electrons. The molecule has 1 aliphatic heterocycles. The van der Waals surface area contributed by atoms with Crippen molar-refractivity contribution in [3.63, 3.8) is 0 Å². The van der Waals surface area contributed by atoms with Crippen molar-refractivity contribution in [1.82, 2.24) is 15.0 Å². The normalized spacial score (nSPS) is 17.5.